The summed E-state index contributed by atoms with van der Waals surface area (Å²) in [4.78, 5) is 3.97. The fourth-order valence-corrected chi connectivity index (χ4v) is 1.33. The maximum absolute atomic E-state index is 3.97. The van der Waals surface area contributed by atoms with Gasteiger partial charge in [0.25, 0.3) is 0 Å². The lowest BCUT2D eigenvalue weighted by Gasteiger charge is -1.89. The standard InChI is InChI=1S/C5H4N4S/c1-2-10-5-4(3-6-1)7-9-8-5/h1,3H,2H2. The van der Waals surface area contributed by atoms with Gasteiger partial charge in [0.2, 0.25) is 0 Å². The zero-order chi connectivity index (χ0) is 6.81. The van der Waals surface area contributed by atoms with Gasteiger partial charge in [-0.15, -0.1) is 10.2 Å². The Balaban J connectivity index is 2.36. The van der Waals surface area contributed by atoms with Crippen LogP contribution in [0.3, 0.4) is 0 Å². The summed E-state index contributed by atoms with van der Waals surface area (Å²) in [5.41, 5.74) is 0.777. The second kappa shape index (κ2) is 2.34. The molecule has 2 heterocycles. The van der Waals surface area contributed by atoms with E-state index < -0.39 is 0 Å². The van der Waals surface area contributed by atoms with E-state index in [1.165, 1.54) is 0 Å². The molecule has 0 aromatic heterocycles. The van der Waals surface area contributed by atoms with Crippen LogP contribution in [0.5, 0.6) is 0 Å². The first-order chi connectivity index (χ1) is 4.97. The molecule has 0 bridgehead atoms. The number of aliphatic imine (C=N–C) groups is 1. The summed E-state index contributed by atoms with van der Waals surface area (Å²) in [5.74, 6) is 0.851. The lowest BCUT2D eigenvalue weighted by Crippen LogP contribution is -1.90. The van der Waals surface area contributed by atoms with Crippen molar-refractivity contribution in [2.75, 3.05) is 5.75 Å². The molecule has 2 rings (SSSR count). The molecular weight excluding hydrogens is 148 g/mol. The summed E-state index contributed by atoms with van der Waals surface area (Å²) >= 11 is 1.60. The Hall–Kier alpha value is -0.970. The lowest BCUT2D eigenvalue weighted by molar-refractivity contribution is 1.09. The van der Waals surface area contributed by atoms with Crippen molar-refractivity contribution in [3.8, 4) is 0 Å². The number of fused-ring (bicyclic) bond motifs is 1. The highest BCUT2D eigenvalue weighted by atomic mass is 32.2. The number of hydrogen-bond acceptors (Lipinski definition) is 5. The van der Waals surface area contributed by atoms with E-state index in [-0.39, 0.29) is 0 Å². The first kappa shape index (κ1) is 5.79. The van der Waals surface area contributed by atoms with Crippen LogP contribution in [0, 0.1) is 0 Å². The molecule has 0 aromatic carbocycles. The fraction of sp³-hybridized carbons (Fsp3) is 0.200. The summed E-state index contributed by atoms with van der Waals surface area (Å²) in [5, 5.41) is 12.0. The molecule has 10 heavy (non-hydrogen) atoms. The van der Waals surface area contributed by atoms with Crippen molar-refractivity contribution in [1.29, 1.82) is 0 Å². The molecule has 0 saturated heterocycles. The van der Waals surface area contributed by atoms with Gasteiger partial charge in [-0.3, -0.25) is 4.99 Å². The van der Waals surface area contributed by atoms with E-state index in [1.807, 2.05) is 6.21 Å². The minimum Gasteiger partial charge on any atom is -0.266 e. The summed E-state index contributed by atoms with van der Waals surface area (Å²) in [7, 11) is 0. The predicted molar refractivity (Wildman–Crippen MR) is 41.3 cm³/mol. The number of nitrogens with zero attached hydrogens (tertiary/aromatic N) is 4. The van der Waals surface area contributed by atoms with Gasteiger partial charge in [0, 0.05) is 12.0 Å². The van der Waals surface area contributed by atoms with Crippen LogP contribution in [-0.4, -0.2) is 17.0 Å². The molecule has 0 saturated carbocycles. The van der Waals surface area contributed by atoms with E-state index in [0.29, 0.717) is 0 Å². The monoisotopic (exact) mass is 152 g/mol. The van der Waals surface area contributed by atoms with E-state index in [4.69, 9.17) is 0 Å². The maximum atomic E-state index is 3.97. The second-order valence-electron chi connectivity index (χ2n) is 1.75. The molecule has 5 heteroatoms. The smallest absolute Gasteiger partial charge is 0.150 e. The molecule has 0 radical (unpaired) electrons. The van der Waals surface area contributed by atoms with Gasteiger partial charge < -0.3 is 0 Å². The van der Waals surface area contributed by atoms with Crippen LogP contribution in [0.4, 0.5) is 0 Å². The largest absolute Gasteiger partial charge is 0.266 e. The zero-order valence-corrected chi connectivity index (χ0v) is 5.88. The third-order valence-electron chi connectivity index (χ3n) is 1.10. The van der Waals surface area contributed by atoms with Gasteiger partial charge in [-0.2, -0.15) is 0 Å². The van der Waals surface area contributed by atoms with Crippen molar-refractivity contribution in [2.45, 2.75) is 0 Å². The van der Waals surface area contributed by atoms with Crippen LogP contribution in [0.25, 0.3) is 0 Å². The SMILES string of the molecule is C1=NC=C2N=NN=C2SC1. The van der Waals surface area contributed by atoms with Gasteiger partial charge in [0.15, 0.2) is 5.04 Å². The Morgan fingerprint density at radius 1 is 1.50 bits per heavy atom. The quantitative estimate of drug-likeness (QED) is 0.518. The zero-order valence-electron chi connectivity index (χ0n) is 5.06. The summed E-state index contributed by atoms with van der Waals surface area (Å²) < 4.78 is 0. The summed E-state index contributed by atoms with van der Waals surface area (Å²) in [6.45, 7) is 0. The molecule has 2 aliphatic heterocycles. The van der Waals surface area contributed by atoms with Crippen molar-refractivity contribution in [3.05, 3.63) is 11.9 Å². The van der Waals surface area contributed by atoms with Crippen LogP contribution in [0.2, 0.25) is 0 Å². The van der Waals surface area contributed by atoms with Crippen LogP contribution in [-0.2, 0) is 0 Å². The molecule has 0 fully saturated rings. The Labute approximate surface area is 61.8 Å². The number of thioether (sulfide) groups is 1. The normalized spacial score (nSPS) is 21.6. The molecule has 0 aromatic rings. The van der Waals surface area contributed by atoms with E-state index in [0.717, 1.165) is 16.5 Å². The first-order valence-electron chi connectivity index (χ1n) is 2.80. The van der Waals surface area contributed by atoms with Crippen LogP contribution in [0.15, 0.2) is 32.3 Å². The van der Waals surface area contributed by atoms with Gasteiger partial charge in [-0.25, -0.2) is 0 Å². The molecular formula is C5H4N4S. The van der Waals surface area contributed by atoms with E-state index in [2.05, 4.69) is 20.4 Å². The molecule has 4 nitrogen and oxygen atoms in total. The highest BCUT2D eigenvalue weighted by Crippen LogP contribution is 2.20. The van der Waals surface area contributed by atoms with Crippen LogP contribution in [0.1, 0.15) is 0 Å². The Bertz CT molecular complexity index is 263. The average molecular weight is 152 g/mol. The number of hydrogen-bond donors (Lipinski definition) is 0. The van der Waals surface area contributed by atoms with Crippen LogP contribution >= 0.6 is 11.8 Å². The number of rotatable bonds is 0. The van der Waals surface area contributed by atoms with Crippen LogP contribution < -0.4 is 0 Å². The molecule has 0 amide bonds. The highest BCUT2D eigenvalue weighted by molar-refractivity contribution is 8.14. The van der Waals surface area contributed by atoms with Crippen molar-refractivity contribution < 1.29 is 0 Å². The van der Waals surface area contributed by atoms with Gasteiger partial charge >= 0.3 is 0 Å². The molecule has 2 aliphatic rings. The molecule has 0 aliphatic carbocycles. The average Bonchev–Trinajstić information content (AvgIpc) is 2.28. The first-order valence-corrected chi connectivity index (χ1v) is 3.79. The topological polar surface area (TPSA) is 49.4 Å². The molecule has 0 N–H and O–H groups in total. The van der Waals surface area contributed by atoms with E-state index in [1.54, 1.807) is 18.0 Å². The fourth-order valence-electron chi connectivity index (χ4n) is 0.672. The second-order valence-corrected chi connectivity index (χ2v) is 2.76. The summed E-state index contributed by atoms with van der Waals surface area (Å²) in [6.07, 6.45) is 3.50. The predicted octanol–water partition coefficient (Wildman–Crippen LogP) is 1.42. The lowest BCUT2D eigenvalue weighted by atomic mass is 10.5. The maximum Gasteiger partial charge on any atom is 0.150 e. The molecule has 0 spiro atoms. The highest BCUT2D eigenvalue weighted by Gasteiger charge is 2.13. The van der Waals surface area contributed by atoms with Crippen molar-refractivity contribution in [3.63, 3.8) is 0 Å². The van der Waals surface area contributed by atoms with E-state index in [9.17, 15) is 0 Å². The Morgan fingerprint density at radius 2 is 2.50 bits per heavy atom. The summed E-state index contributed by atoms with van der Waals surface area (Å²) in [6, 6.07) is 0. The molecule has 50 valence electrons. The molecule has 0 unspecified atom stereocenters. The Morgan fingerprint density at radius 3 is 3.50 bits per heavy atom. The van der Waals surface area contributed by atoms with Gasteiger partial charge in [0.1, 0.15) is 5.70 Å². The third-order valence-corrected chi connectivity index (χ3v) is 1.98. The third kappa shape index (κ3) is 0.881. The molecule has 0 atom stereocenters. The van der Waals surface area contributed by atoms with E-state index >= 15 is 0 Å². The van der Waals surface area contributed by atoms with Crippen molar-refractivity contribution >= 4 is 23.0 Å². The van der Waals surface area contributed by atoms with Gasteiger partial charge in [-0.05, 0) is 5.22 Å². The van der Waals surface area contributed by atoms with Crippen molar-refractivity contribution in [1.82, 2.24) is 0 Å². The van der Waals surface area contributed by atoms with Gasteiger partial charge in [0.05, 0.1) is 6.20 Å². The minimum absolute atomic E-state index is 0.777. The Kier molecular flexibility index (Phi) is 1.35. The van der Waals surface area contributed by atoms with Crippen molar-refractivity contribution in [2.24, 2.45) is 20.4 Å². The van der Waals surface area contributed by atoms with Gasteiger partial charge in [-0.1, -0.05) is 11.8 Å². The minimum atomic E-state index is 0.777.